The van der Waals surface area contributed by atoms with Crippen molar-refractivity contribution in [1.29, 1.82) is 0 Å². The predicted octanol–water partition coefficient (Wildman–Crippen LogP) is 3.63. The third-order valence-electron chi connectivity index (χ3n) is 5.43. The molecule has 1 fully saturated rings. The Hall–Kier alpha value is -2.41. The second-order valence-electron chi connectivity index (χ2n) is 7.37. The van der Waals surface area contributed by atoms with Crippen molar-refractivity contribution in [3.8, 4) is 0 Å². The van der Waals surface area contributed by atoms with Gasteiger partial charge in [0, 0.05) is 42.5 Å². The lowest BCUT2D eigenvalue weighted by atomic mass is 9.95. The monoisotopic (exact) mass is 412 g/mol. The third-order valence-corrected chi connectivity index (χ3v) is 5.98. The molecule has 154 valence electrons. The second-order valence-corrected chi connectivity index (χ2v) is 8.14. The summed E-state index contributed by atoms with van der Waals surface area (Å²) in [7, 11) is 0. The number of anilines is 1. The van der Waals surface area contributed by atoms with Crippen molar-refractivity contribution in [3.05, 3.63) is 47.3 Å². The zero-order valence-corrected chi connectivity index (χ0v) is 18.1. The molecule has 2 aromatic rings. The van der Waals surface area contributed by atoms with Gasteiger partial charge in [0.05, 0.1) is 0 Å². The molecule has 1 saturated heterocycles. The largest absolute Gasteiger partial charge is 0.343 e. The van der Waals surface area contributed by atoms with Gasteiger partial charge in [0.1, 0.15) is 0 Å². The van der Waals surface area contributed by atoms with E-state index in [-0.39, 0.29) is 17.7 Å². The molecular weight excluding hydrogens is 384 g/mol. The summed E-state index contributed by atoms with van der Waals surface area (Å²) >= 11 is 1.53. The van der Waals surface area contributed by atoms with Crippen LogP contribution in [0, 0.1) is 19.8 Å². The maximum atomic E-state index is 12.7. The molecule has 3 rings (SSSR count). The Labute approximate surface area is 176 Å². The molecule has 0 atom stereocenters. The minimum atomic E-state index is -0.0452. The number of carbonyl (C=O) groups excluding carboxylic acids is 2. The number of carbonyl (C=O) groups is 2. The number of hydrogen-bond acceptors (Lipinski definition) is 5. The van der Waals surface area contributed by atoms with Gasteiger partial charge in [-0.25, -0.2) is 9.97 Å². The van der Waals surface area contributed by atoms with E-state index >= 15 is 0 Å². The summed E-state index contributed by atoms with van der Waals surface area (Å²) < 4.78 is 0. The molecule has 1 aliphatic rings. The predicted molar refractivity (Wildman–Crippen MR) is 116 cm³/mol. The Morgan fingerprint density at radius 2 is 1.72 bits per heavy atom. The molecule has 1 aromatic heterocycles. The molecule has 6 nitrogen and oxygen atoms in total. The number of thioether (sulfide) groups is 1. The Morgan fingerprint density at radius 3 is 2.31 bits per heavy atom. The minimum absolute atomic E-state index is 0.0422. The lowest BCUT2D eigenvalue weighted by Gasteiger charge is -2.31. The smallest absolute Gasteiger partial charge is 0.227 e. The van der Waals surface area contributed by atoms with E-state index in [0.717, 1.165) is 27.8 Å². The van der Waals surface area contributed by atoms with Crippen molar-refractivity contribution < 1.29 is 9.59 Å². The lowest BCUT2D eigenvalue weighted by molar-refractivity contribution is -0.134. The average molecular weight is 413 g/mol. The molecule has 2 amide bonds. The zero-order valence-electron chi connectivity index (χ0n) is 17.3. The van der Waals surface area contributed by atoms with E-state index in [1.54, 1.807) is 0 Å². The van der Waals surface area contributed by atoms with Crippen LogP contribution in [0.25, 0.3) is 0 Å². The molecule has 0 unspecified atom stereocenters. The number of rotatable bonds is 6. The molecule has 1 aliphatic heterocycles. The Balaban J connectivity index is 1.48. The molecule has 0 bridgehead atoms. The van der Waals surface area contributed by atoms with Crippen LogP contribution < -0.4 is 5.32 Å². The number of aryl methyl sites for hydroxylation is 2. The fourth-order valence-corrected chi connectivity index (χ4v) is 4.17. The van der Waals surface area contributed by atoms with Crippen LogP contribution in [0.4, 0.5) is 5.69 Å². The van der Waals surface area contributed by atoms with Crippen molar-refractivity contribution in [2.75, 3.05) is 24.7 Å². The SMILES string of the molecule is CSc1nc(C)c(CCC(=O)N2CCC(C(=O)Nc3ccccc3)CC2)c(C)n1. The van der Waals surface area contributed by atoms with Gasteiger partial charge < -0.3 is 10.2 Å². The van der Waals surface area contributed by atoms with Gasteiger partial charge in [-0.3, -0.25) is 9.59 Å². The number of hydrogen-bond donors (Lipinski definition) is 1. The third kappa shape index (κ3) is 5.56. The van der Waals surface area contributed by atoms with Crippen LogP contribution in [0.2, 0.25) is 0 Å². The number of amides is 2. The van der Waals surface area contributed by atoms with Crippen LogP contribution in [-0.4, -0.2) is 46.0 Å². The van der Waals surface area contributed by atoms with Crippen molar-refractivity contribution in [2.24, 2.45) is 5.92 Å². The number of likely N-dealkylation sites (tertiary alicyclic amines) is 1. The molecule has 0 spiro atoms. The molecule has 7 heteroatoms. The highest BCUT2D eigenvalue weighted by atomic mass is 32.2. The highest BCUT2D eigenvalue weighted by molar-refractivity contribution is 7.98. The molecule has 2 heterocycles. The highest BCUT2D eigenvalue weighted by Crippen LogP contribution is 2.22. The number of nitrogens with zero attached hydrogens (tertiary/aromatic N) is 3. The van der Waals surface area contributed by atoms with Gasteiger partial charge in [-0.2, -0.15) is 0 Å². The quantitative estimate of drug-likeness (QED) is 0.579. The first-order chi connectivity index (χ1) is 14.0. The fourth-order valence-electron chi connectivity index (χ4n) is 3.71. The molecule has 0 aliphatic carbocycles. The zero-order chi connectivity index (χ0) is 20.8. The van der Waals surface area contributed by atoms with Gasteiger partial charge >= 0.3 is 0 Å². The fraction of sp³-hybridized carbons (Fsp3) is 0.455. The molecule has 29 heavy (non-hydrogen) atoms. The average Bonchev–Trinajstić information content (AvgIpc) is 2.73. The van der Waals surface area contributed by atoms with Crippen LogP contribution in [-0.2, 0) is 16.0 Å². The van der Waals surface area contributed by atoms with Gasteiger partial charge in [0.25, 0.3) is 0 Å². The van der Waals surface area contributed by atoms with Gasteiger partial charge in [0.2, 0.25) is 11.8 Å². The molecular formula is C22H28N4O2S. The van der Waals surface area contributed by atoms with Gasteiger partial charge in [-0.15, -0.1) is 0 Å². The molecule has 1 aromatic carbocycles. The van der Waals surface area contributed by atoms with E-state index < -0.39 is 0 Å². The van der Waals surface area contributed by atoms with E-state index in [2.05, 4.69) is 15.3 Å². The Bertz CT molecular complexity index is 841. The van der Waals surface area contributed by atoms with E-state index in [9.17, 15) is 9.59 Å². The van der Waals surface area contributed by atoms with Crippen LogP contribution in [0.15, 0.2) is 35.5 Å². The summed E-state index contributed by atoms with van der Waals surface area (Å²) in [5.41, 5.74) is 3.78. The van der Waals surface area contributed by atoms with Crippen molar-refractivity contribution in [2.45, 2.75) is 44.7 Å². The van der Waals surface area contributed by atoms with Crippen LogP contribution in [0.3, 0.4) is 0 Å². The summed E-state index contributed by atoms with van der Waals surface area (Å²) in [5, 5.41) is 3.74. The molecule has 0 saturated carbocycles. The number of para-hydroxylation sites is 1. The standard InChI is InChI=1S/C22H28N4O2S/c1-15-19(16(2)24-22(23-15)29-3)9-10-20(27)26-13-11-17(12-14-26)21(28)25-18-7-5-4-6-8-18/h4-8,17H,9-14H2,1-3H3,(H,25,28). The Kier molecular flexibility index (Phi) is 7.25. The summed E-state index contributed by atoms with van der Waals surface area (Å²) in [4.78, 5) is 36.0. The summed E-state index contributed by atoms with van der Waals surface area (Å²) in [6.45, 7) is 5.22. The first-order valence-corrected chi connectivity index (χ1v) is 11.2. The number of nitrogens with one attached hydrogen (secondary N) is 1. The molecule has 0 radical (unpaired) electrons. The lowest BCUT2D eigenvalue weighted by Crippen LogP contribution is -2.41. The van der Waals surface area contributed by atoms with Crippen molar-refractivity contribution >= 4 is 29.3 Å². The van der Waals surface area contributed by atoms with Crippen molar-refractivity contribution in [3.63, 3.8) is 0 Å². The number of piperidine rings is 1. The number of aromatic nitrogens is 2. The van der Waals surface area contributed by atoms with E-state index in [1.165, 1.54) is 11.8 Å². The topological polar surface area (TPSA) is 75.2 Å². The molecule has 1 N–H and O–H groups in total. The first-order valence-electron chi connectivity index (χ1n) is 9.99. The van der Waals surface area contributed by atoms with E-state index in [1.807, 2.05) is 55.3 Å². The second kappa shape index (κ2) is 9.87. The van der Waals surface area contributed by atoms with E-state index in [0.29, 0.717) is 38.8 Å². The highest BCUT2D eigenvalue weighted by Gasteiger charge is 2.27. The number of benzene rings is 1. The van der Waals surface area contributed by atoms with Gasteiger partial charge in [0.15, 0.2) is 5.16 Å². The van der Waals surface area contributed by atoms with Crippen LogP contribution >= 0.6 is 11.8 Å². The van der Waals surface area contributed by atoms with Crippen LogP contribution in [0.5, 0.6) is 0 Å². The maximum Gasteiger partial charge on any atom is 0.227 e. The Morgan fingerprint density at radius 1 is 1.10 bits per heavy atom. The van der Waals surface area contributed by atoms with Crippen LogP contribution in [0.1, 0.15) is 36.2 Å². The minimum Gasteiger partial charge on any atom is -0.343 e. The van der Waals surface area contributed by atoms with Crippen molar-refractivity contribution in [1.82, 2.24) is 14.9 Å². The van der Waals surface area contributed by atoms with E-state index in [4.69, 9.17) is 0 Å². The maximum absolute atomic E-state index is 12.7. The normalized spacial score (nSPS) is 14.7. The van der Waals surface area contributed by atoms with Gasteiger partial charge in [-0.05, 0) is 57.1 Å². The summed E-state index contributed by atoms with van der Waals surface area (Å²) in [5.74, 6) is 0.136. The first kappa shape index (κ1) is 21.3. The summed E-state index contributed by atoms with van der Waals surface area (Å²) in [6.07, 6.45) is 4.47. The summed E-state index contributed by atoms with van der Waals surface area (Å²) in [6, 6.07) is 9.50. The van der Waals surface area contributed by atoms with Gasteiger partial charge in [-0.1, -0.05) is 30.0 Å².